The maximum Gasteiger partial charge on any atom is 0.0778 e. The lowest BCUT2D eigenvalue weighted by molar-refractivity contribution is 1.25. The van der Waals surface area contributed by atoms with Crippen molar-refractivity contribution in [1.29, 1.82) is 0 Å². The molecule has 0 atom stereocenters. The summed E-state index contributed by atoms with van der Waals surface area (Å²) in [5.41, 5.74) is 3.93. The summed E-state index contributed by atoms with van der Waals surface area (Å²) in [6.07, 6.45) is 12.0. The average molecular weight is 237 g/mol. The van der Waals surface area contributed by atoms with Gasteiger partial charge in [0.1, 0.15) is 0 Å². The molecule has 0 aromatic carbocycles. The first-order valence-electron chi connectivity index (χ1n) is 5.84. The van der Waals surface area contributed by atoms with E-state index in [-0.39, 0.29) is 0 Å². The van der Waals surface area contributed by atoms with E-state index in [9.17, 15) is 0 Å². The van der Waals surface area contributed by atoms with Gasteiger partial charge in [-0.3, -0.25) is 4.98 Å². The van der Waals surface area contributed by atoms with Crippen molar-refractivity contribution in [3.05, 3.63) is 66.5 Å². The normalized spacial score (nSPS) is 15.7. The molecule has 0 unspecified atom stereocenters. The Hall–Kier alpha value is -2.29. The van der Waals surface area contributed by atoms with Gasteiger partial charge in [0.15, 0.2) is 0 Å². The van der Waals surface area contributed by atoms with Gasteiger partial charge in [0.2, 0.25) is 0 Å². The Morgan fingerprint density at radius 3 is 2.94 bits per heavy atom. The first kappa shape index (κ1) is 12.2. The molecule has 3 nitrogen and oxygen atoms in total. The van der Waals surface area contributed by atoms with Gasteiger partial charge in [-0.05, 0) is 24.6 Å². The van der Waals surface area contributed by atoms with Gasteiger partial charge in [-0.15, -0.1) is 0 Å². The lowest BCUT2D eigenvalue weighted by atomic mass is 10.0. The van der Waals surface area contributed by atoms with Crippen molar-refractivity contribution in [1.82, 2.24) is 4.98 Å². The Morgan fingerprint density at radius 2 is 2.28 bits per heavy atom. The van der Waals surface area contributed by atoms with Crippen LogP contribution in [0.25, 0.3) is 0 Å². The molecule has 0 aliphatic carbocycles. The van der Waals surface area contributed by atoms with Crippen LogP contribution in [0.2, 0.25) is 0 Å². The minimum Gasteiger partial charge on any atom is -0.264 e. The molecule has 0 N–H and O–H groups in total. The molecular formula is C15H15N3. The highest BCUT2D eigenvalue weighted by molar-refractivity contribution is 6.20. The second kappa shape index (κ2) is 5.87. The summed E-state index contributed by atoms with van der Waals surface area (Å²) in [6, 6.07) is 3.90. The van der Waals surface area contributed by atoms with Crippen LogP contribution in [0.4, 0.5) is 0 Å². The van der Waals surface area contributed by atoms with Gasteiger partial charge in [-0.2, -0.15) is 10.2 Å². The number of nitrogens with zero attached hydrogens (tertiary/aromatic N) is 3. The second-order valence-corrected chi connectivity index (χ2v) is 3.86. The quantitative estimate of drug-likeness (QED) is 0.740. The van der Waals surface area contributed by atoms with E-state index in [1.54, 1.807) is 18.5 Å². The van der Waals surface area contributed by atoms with E-state index in [2.05, 4.69) is 21.8 Å². The zero-order valence-corrected chi connectivity index (χ0v) is 10.4. The zero-order valence-electron chi connectivity index (χ0n) is 10.4. The van der Waals surface area contributed by atoms with Crippen molar-refractivity contribution in [2.24, 2.45) is 10.2 Å². The van der Waals surface area contributed by atoms with Crippen molar-refractivity contribution in [3.63, 3.8) is 0 Å². The number of allylic oxidation sites excluding steroid dienone is 5. The van der Waals surface area contributed by atoms with Crippen LogP contribution >= 0.6 is 0 Å². The second-order valence-electron chi connectivity index (χ2n) is 3.86. The van der Waals surface area contributed by atoms with Crippen molar-refractivity contribution in [3.8, 4) is 0 Å². The highest BCUT2D eigenvalue weighted by Crippen LogP contribution is 2.16. The highest BCUT2D eigenvalue weighted by atomic mass is 15.2. The molecule has 0 spiro atoms. The van der Waals surface area contributed by atoms with Crippen LogP contribution in [0.15, 0.2) is 71.2 Å². The molecular weight excluding hydrogens is 222 g/mol. The number of aromatic nitrogens is 1. The predicted molar refractivity (Wildman–Crippen MR) is 75.9 cm³/mol. The maximum absolute atomic E-state index is 4.22. The molecule has 1 aliphatic heterocycles. The summed E-state index contributed by atoms with van der Waals surface area (Å²) in [4.78, 5) is 4.09. The van der Waals surface area contributed by atoms with E-state index in [1.807, 2.05) is 37.3 Å². The number of rotatable bonds is 4. The Labute approximate surface area is 107 Å². The molecule has 0 bridgehead atoms. The molecule has 0 fully saturated rings. The Kier molecular flexibility index (Phi) is 3.97. The van der Waals surface area contributed by atoms with E-state index in [0.717, 1.165) is 29.0 Å². The Bertz CT molecular complexity index is 548. The topological polar surface area (TPSA) is 37.6 Å². The van der Waals surface area contributed by atoms with Crippen LogP contribution in [0.1, 0.15) is 18.9 Å². The molecule has 90 valence electrons. The van der Waals surface area contributed by atoms with Crippen LogP contribution in [-0.2, 0) is 0 Å². The Balaban J connectivity index is 2.13. The molecule has 0 saturated carbocycles. The fourth-order valence-corrected chi connectivity index (χ4v) is 1.69. The molecule has 3 heteroatoms. The summed E-state index contributed by atoms with van der Waals surface area (Å²) >= 11 is 0. The summed E-state index contributed by atoms with van der Waals surface area (Å²) in [6.45, 7) is 5.79. The first-order valence-corrected chi connectivity index (χ1v) is 5.84. The number of pyridine rings is 1. The van der Waals surface area contributed by atoms with Gasteiger partial charge in [0, 0.05) is 24.4 Å². The van der Waals surface area contributed by atoms with Crippen molar-refractivity contribution < 1.29 is 0 Å². The minimum absolute atomic E-state index is 0.723. The van der Waals surface area contributed by atoms with Crippen LogP contribution in [-0.4, -0.2) is 16.4 Å². The summed E-state index contributed by atoms with van der Waals surface area (Å²) in [5, 5.41) is 8.44. The number of hydrogen-bond acceptors (Lipinski definition) is 3. The molecule has 2 rings (SSSR count). The molecule has 0 saturated heterocycles. The fourth-order valence-electron chi connectivity index (χ4n) is 1.69. The van der Waals surface area contributed by atoms with Gasteiger partial charge in [0.05, 0.1) is 11.4 Å². The van der Waals surface area contributed by atoms with E-state index in [1.165, 1.54) is 0 Å². The van der Waals surface area contributed by atoms with E-state index >= 15 is 0 Å². The predicted octanol–water partition coefficient (Wildman–Crippen LogP) is 3.32. The van der Waals surface area contributed by atoms with Gasteiger partial charge in [-0.25, -0.2) is 0 Å². The smallest absolute Gasteiger partial charge is 0.0778 e. The van der Waals surface area contributed by atoms with Gasteiger partial charge in [-0.1, -0.05) is 30.9 Å². The molecule has 0 amide bonds. The first-order chi connectivity index (χ1) is 8.85. The van der Waals surface area contributed by atoms with Crippen LogP contribution in [0.3, 0.4) is 0 Å². The SMILES string of the molecule is C=C/C(=C\C=C/C)C1=NN=C(c2cccnc2)C1. The van der Waals surface area contributed by atoms with Crippen molar-refractivity contribution in [2.75, 3.05) is 0 Å². The van der Waals surface area contributed by atoms with Crippen LogP contribution in [0, 0.1) is 0 Å². The van der Waals surface area contributed by atoms with Crippen molar-refractivity contribution in [2.45, 2.75) is 13.3 Å². The largest absolute Gasteiger partial charge is 0.264 e. The monoisotopic (exact) mass is 237 g/mol. The average Bonchev–Trinajstić information content (AvgIpc) is 2.90. The van der Waals surface area contributed by atoms with E-state index < -0.39 is 0 Å². The maximum atomic E-state index is 4.22. The Morgan fingerprint density at radius 1 is 1.39 bits per heavy atom. The van der Waals surface area contributed by atoms with E-state index in [4.69, 9.17) is 0 Å². The molecule has 1 aromatic rings. The lowest BCUT2D eigenvalue weighted by Crippen LogP contribution is -2.05. The molecule has 0 radical (unpaired) electrons. The standard InChI is InChI=1S/C15H15N3/c1-3-5-7-12(4-2)14-10-15(18-17-14)13-8-6-9-16-11-13/h3-9,11H,2,10H2,1H3/b5-3-,12-7+. The lowest BCUT2D eigenvalue weighted by Gasteiger charge is -2.01. The van der Waals surface area contributed by atoms with Gasteiger partial charge < -0.3 is 0 Å². The van der Waals surface area contributed by atoms with Gasteiger partial charge in [0.25, 0.3) is 0 Å². The summed E-state index contributed by atoms with van der Waals surface area (Å²) in [5.74, 6) is 0. The zero-order chi connectivity index (χ0) is 12.8. The van der Waals surface area contributed by atoms with Crippen LogP contribution < -0.4 is 0 Å². The van der Waals surface area contributed by atoms with Crippen LogP contribution in [0.5, 0.6) is 0 Å². The molecule has 1 aromatic heterocycles. The highest BCUT2D eigenvalue weighted by Gasteiger charge is 2.15. The number of hydrogen-bond donors (Lipinski definition) is 0. The fraction of sp³-hybridized carbons (Fsp3) is 0.133. The van der Waals surface area contributed by atoms with Gasteiger partial charge >= 0.3 is 0 Å². The third-order valence-corrected chi connectivity index (χ3v) is 2.64. The summed E-state index contributed by atoms with van der Waals surface area (Å²) in [7, 11) is 0. The third kappa shape index (κ3) is 2.69. The third-order valence-electron chi connectivity index (χ3n) is 2.64. The summed E-state index contributed by atoms with van der Waals surface area (Å²) < 4.78 is 0. The van der Waals surface area contributed by atoms with Crippen molar-refractivity contribution >= 4 is 11.4 Å². The minimum atomic E-state index is 0.723. The molecule has 1 aliphatic rings. The van der Waals surface area contributed by atoms with E-state index in [0.29, 0.717) is 0 Å². The molecule has 2 heterocycles. The molecule has 18 heavy (non-hydrogen) atoms.